The number of hydrogen-bond donors (Lipinski definition) is 1. The number of sulfonamides is 1. The van der Waals surface area contributed by atoms with Crippen molar-refractivity contribution >= 4 is 44.8 Å². The van der Waals surface area contributed by atoms with Gasteiger partial charge in [0.05, 0.1) is 29.7 Å². The van der Waals surface area contributed by atoms with Gasteiger partial charge < -0.3 is 10.2 Å². The summed E-state index contributed by atoms with van der Waals surface area (Å²) in [5.74, 6) is -0.485. The van der Waals surface area contributed by atoms with E-state index in [0.29, 0.717) is 27.5 Å². The maximum Gasteiger partial charge on any atom is 0.255 e. The second-order valence-electron chi connectivity index (χ2n) is 8.44. The Morgan fingerprint density at radius 1 is 0.943 bits per heavy atom. The third-order valence-electron chi connectivity index (χ3n) is 5.86. The van der Waals surface area contributed by atoms with Crippen LogP contribution in [-0.4, -0.2) is 44.5 Å². The minimum atomic E-state index is -3.57. The molecular formula is C26H26ClN3O4S. The quantitative estimate of drug-likeness (QED) is 0.494. The van der Waals surface area contributed by atoms with Crippen LogP contribution >= 0.6 is 11.6 Å². The highest BCUT2D eigenvalue weighted by molar-refractivity contribution is 7.92. The Morgan fingerprint density at radius 3 is 2.20 bits per heavy atom. The molecule has 0 unspecified atom stereocenters. The van der Waals surface area contributed by atoms with Gasteiger partial charge in [-0.1, -0.05) is 35.9 Å². The van der Waals surface area contributed by atoms with Crippen molar-refractivity contribution in [3.05, 3.63) is 94.5 Å². The number of nitrogens with zero attached hydrogens (tertiary/aromatic N) is 2. The number of nitrogens with one attached hydrogen (secondary N) is 1. The minimum absolute atomic E-state index is 0.0975. The van der Waals surface area contributed by atoms with Crippen LogP contribution in [0.3, 0.4) is 0 Å². The van der Waals surface area contributed by atoms with Gasteiger partial charge in [-0.25, -0.2) is 8.42 Å². The third kappa shape index (κ3) is 6.01. The first kappa shape index (κ1) is 24.8. The second kappa shape index (κ2) is 10.5. The molecule has 1 heterocycles. The van der Waals surface area contributed by atoms with E-state index in [4.69, 9.17) is 11.6 Å². The zero-order valence-electron chi connectivity index (χ0n) is 19.3. The molecule has 1 aliphatic rings. The Bertz CT molecular complexity index is 1320. The van der Waals surface area contributed by atoms with Crippen molar-refractivity contribution in [1.29, 1.82) is 0 Å². The summed E-state index contributed by atoms with van der Waals surface area (Å²) in [6, 6.07) is 20.2. The summed E-state index contributed by atoms with van der Waals surface area (Å²) >= 11 is 5.93. The number of para-hydroxylation sites is 1. The number of carbonyl (C=O) groups is 2. The molecule has 1 saturated heterocycles. The maximum absolute atomic E-state index is 12.9. The van der Waals surface area contributed by atoms with Crippen LogP contribution in [0.15, 0.2) is 72.8 Å². The topological polar surface area (TPSA) is 86.8 Å². The number of hydrogen-bond acceptors (Lipinski definition) is 4. The Kier molecular flexibility index (Phi) is 7.42. The molecule has 3 aromatic rings. The van der Waals surface area contributed by atoms with Gasteiger partial charge in [0.25, 0.3) is 11.8 Å². The van der Waals surface area contributed by atoms with E-state index in [0.717, 1.165) is 37.8 Å². The van der Waals surface area contributed by atoms with Gasteiger partial charge in [-0.15, -0.1) is 0 Å². The summed E-state index contributed by atoms with van der Waals surface area (Å²) in [5, 5.41) is 3.39. The van der Waals surface area contributed by atoms with Crippen LogP contribution < -0.4 is 9.62 Å². The van der Waals surface area contributed by atoms with Crippen molar-refractivity contribution in [1.82, 2.24) is 4.90 Å². The highest BCUT2D eigenvalue weighted by Crippen LogP contribution is 2.24. The van der Waals surface area contributed by atoms with E-state index in [1.807, 2.05) is 0 Å². The fourth-order valence-electron chi connectivity index (χ4n) is 4.00. The third-order valence-corrected chi connectivity index (χ3v) is 7.25. The summed E-state index contributed by atoms with van der Waals surface area (Å²) in [6.45, 7) is 1.57. The summed E-state index contributed by atoms with van der Waals surface area (Å²) in [4.78, 5) is 27.6. The SMILES string of the molecule is CS(=O)(=O)N(Cc1ccc(Cl)cc1)c1ccc(C(=O)Nc2ccccc2C(=O)N2CCCC2)cc1. The van der Waals surface area contributed by atoms with Gasteiger partial charge in [-0.3, -0.25) is 13.9 Å². The molecule has 4 rings (SSSR count). The Hall–Kier alpha value is -3.36. The van der Waals surface area contributed by atoms with E-state index in [2.05, 4.69) is 5.32 Å². The molecule has 182 valence electrons. The number of anilines is 2. The predicted molar refractivity (Wildman–Crippen MR) is 138 cm³/mol. The van der Waals surface area contributed by atoms with Gasteiger partial charge in [0.2, 0.25) is 10.0 Å². The first-order valence-electron chi connectivity index (χ1n) is 11.2. The summed E-state index contributed by atoms with van der Waals surface area (Å²) in [7, 11) is -3.57. The number of benzene rings is 3. The molecule has 35 heavy (non-hydrogen) atoms. The van der Waals surface area contributed by atoms with Crippen molar-refractivity contribution in [3.63, 3.8) is 0 Å². The number of carbonyl (C=O) groups excluding carboxylic acids is 2. The lowest BCUT2D eigenvalue weighted by Crippen LogP contribution is -2.29. The minimum Gasteiger partial charge on any atom is -0.339 e. The number of likely N-dealkylation sites (tertiary alicyclic amines) is 1. The zero-order valence-corrected chi connectivity index (χ0v) is 20.8. The molecule has 1 fully saturated rings. The molecule has 0 spiro atoms. The first-order valence-corrected chi connectivity index (χ1v) is 13.5. The van der Waals surface area contributed by atoms with Crippen LogP contribution in [-0.2, 0) is 16.6 Å². The molecule has 2 amide bonds. The van der Waals surface area contributed by atoms with Gasteiger partial charge in [-0.05, 0) is 66.9 Å². The van der Waals surface area contributed by atoms with Gasteiger partial charge >= 0.3 is 0 Å². The second-order valence-corrected chi connectivity index (χ2v) is 10.8. The molecule has 0 atom stereocenters. The Morgan fingerprint density at radius 2 is 1.57 bits per heavy atom. The van der Waals surface area contributed by atoms with Crippen molar-refractivity contribution < 1.29 is 18.0 Å². The molecular weight excluding hydrogens is 486 g/mol. The summed E-state index contributed by atoms with van der Waals surface area (Å²) in [6.07, 6.45) is 3.10. The number of amides is 2. The van der Waals surface area contributed by atoms with E-state index in [1.54, 1.807) is 77.7 Å². The molecule has 7 nitrogen and oxygen atoms in total. The molecule has 0 aliphatic carbocycles. The highest BCUT2D eigenvalue weighted by Gasteiger charge is 2.23. The lowest BCUT2D eigenvalue weighted by molar-refractivity contribution is 0.0794. The number of halogens is 1. The average molecular weight is 512 g/mol. The number of rotatable bonds is 7. The first-order chi connectivity index (χ1) is 16.7. The van der Waals surface area contributed by atoms with Gasteiger partial charge in [0.1, 0.15) is 0 Å². The molecule has 9 heteroatoms. The normalized spacial score (nSPS) is 13.5. The van der Waals surface area contributed by atoms with Gasteiger partial charge in [0, 0.05) is 23.7 Å². The zero-order chi connectivity index (χ0) is 25.0. The Labute approximate surface area is 210 Å². The largest absolute Gasteiger partial charge is 0.339 e. The molecule has 0 bridgehead atoms. The lowest BCUT2D eigenvalue weighted by Gasteiger charge is -2.23. The molecule has 3 aromatic carbocycles. The molecule has 0 aromatic heterocycles. The fraction of sp³-hybridized carbons (Fsp3) is 0.231. The van der Waals surface area contributed by atoms with Crippen LogP contribution in [0, 0.1) is 0 Å². The van der Waals surface area contributed by atoms with E-state index in [9.17, 15) is 18.0 Å². The van der Waals surface area contributed by atoms with Crippen LogP contribution in [0.5, 0.6) is 0 Å². The summed E-state index contributed by atoms with van der Waals surface area (Å²) < 4.78 is 26.2. The van der Waals surface area contributed by atoms with E-state index in [1.165, 1.54) is 4.31 Å². The Balaban J connectivity index is 1.52. The van der Waals surface area contributed by atoms with Crippen LogP contribution in [0.2, 0.25) is 5.02 Å². The van der Waals surface area contributed by atoms with E-state index >= 15 is 0 Å². The maximum atomic E-state index is 12.9. The van der Waals surface area contributed by atoms with E-state index in [-0.39, 0.29) is 18.4 Å². The molecule has 0 saturated carbocycles. The van der Waals surface area contributed by atoms with Crippen molar-refractivity contribution in [2.75, 3.05) is 29.0 Å². The predicted octanol–water partition coefficient (Wildman–Crippen LogP) is 4.79. The van der Waals surface area contributed by atoms with Crippen molar-refractivity contribution in [3.8, 4) is 0 Å². The summed E-state index contributed by atoms with van der Waals surface area (Å²) in [5.41, 5.74) is 2.45. The molecule has 1 N–H and O–H groups in total. The van der Waals surface area contributed by atoms with Crippen molar-refractivity contribution in [2.45, 2.75) is 19.4 Å². The van der Waals surface area contributed by atoms with Crippen LogP contribution in [0.25, 0.3) is 0 Å². The lowest BCUT2D eigenvalue weighted by atomic mass is 10.1. The highest BCUT2D eigenvalue weighted by atomic mass is 35.5. The van der Waals surface area contributed by atoms with Crippen LogP contribution in [0.4, 0.5) is 11.4 Å². The van der Waals surface area contributed by atoms with Crippen LogP contribution in [0.1, 0.15) is 39.1 Å². The van der Waals surface area contributed by atoms with Gasteiger partial charge in [0.15, 0.2) is 0 Å². The molecule has 1 aliphatic heterocycles. The van der Waals surface area contributed by atoms with Crippen molar-refractivity contribution in [2.24, 2.45) is 0 Å². The fourth-order valence-corrected chi connectivity index (χ4v) is 5.01. The smallest absolute Gasteiger partial charge is 0.255 e. The molecule has 0 radical (unpaired) electrons. The average Bonchev–Trinajstić information content (AvgIpc) is 3.38. The monoisotopic (exact) mass is 511 g/mol. The van der Waals surface area contributed by atoms with Gasteiger partial charge in [-0.2, -0.15) is 0 Å². The standard InChI is InChI=1S/C26H26ClN3O4S/c1-35(33,34)30(18-19-8-12-21(27)13-9-19)22-14-10-20(11-15-22)25(31)28-24-7-3-2-6-23(24)26(32)29-16-4-5-17-29/h2-3,6-15H,4-5,16-18H2,1H3,(H,28,31). The van der Waals surface area contributed by atoms with E-state index < -0.39 is 10.0 Å².